The summed E-state index contributed by atoms with van der Waals surface area (Å²) < 4.78 is 19.2. The molecule has 9 nitrogen and oxygen atoms in total. The number of rotatable bonds is 9. The molecule has 0 saturated carbocycles. The van der Waals surface area contributed by atoms with Crippen molar-refractivity contribution in [2.45, 2.75) is 83.8 Å². The quantitative estimate of drug-likeness (QED) is 0.144. The molecule has 52 heavy (non-hydrogen) atoms. The summed E-state index contributed by atoms with van der Waals surface area (Å²) in [5.74, 6) is -0.804. The van der Waals surface area contributed by atoms with E-state index in [1.807, 2.05) is 93.6 Å². The maximum absolute atomic E-state index is 13.2. The van der Waals surface area contributed by atoms with Gasteiger partial charge in [0.15, 0.2) is 6.29 Å². The van der Waals surface area contributed by atoms with Crippen LogP contribution in [0.15, 0.2) is 97.1 Å². The lowest BCUT2D eigenvalue weighted by Crippen LogP contribution is -2.48. The normalized spacial score (nSPS) is 23.6. The number of fused-ring (bicyclic) bond motifs is 1. The minimum absolute atomic E-state index is 0.0372. The lowest BCUT2D eigenvalue weighted by Gasteiger charge is -2.43. The molecule has 3 aliphatic heterocycles. The van der Waals surface area contributed by atoms with E-state index in [4.69, 9.17) is 14.2 Å². The first kappa shape index (κ1) is 35.7. The van der Waals surface area contributed by atoms with Gasteiger partial charge in [-0.05, 0) is 80.1 Å². The SMILES string of the molecule is C[C@@H]1[C@H](CN2CCC[C@H]2C(=O)OC(C)(C)C)O[C@H](c2ccc(-c3ccccc3CN3C(=O)c4ccccc4C3=O)cc2)O[C@@H]1c1ccc(CO)cc1. The van der Waals surface area contributed by atoms with Crippen LogP contribution in [0.1, 0.15) is 95.9 Å². The van der Waals surface area contributed by atoms with Crippen molar-refractivity contribution in [1.82, 2.24) is 9.80 Å². The molecule has 7 rings (SSSR count). The molecule has 1 N–H and O–H groups in total. The van der Waals surface area contributed by atoms with Gasteiger partial charge in [0.05, 0.1) is 36.5 Å². The Morgan fingerprint density at radius 2 is 1.44 bits per heavy atom. The van der Waals surface area contributed by atoms with Gasteiger partial charge in [-0.3, -0.25) is 24.2 Å². The Kier molecular flexibility index (Phi) is 10.1. The summed E-state index contributed by atoms with van der Waals surface area (Å²) in [4.78, 5) is 43.0. The summed E-state index contributed by atoms with van der Waals surface area (Å²) in [7, 11) is 0. The predicted molar refractivity (Wildman–Crippen MR) is 196 cm³/mol. The van der Waals surface area contributed by atoms with E-state index in [-0.39, 0.29) is 55.1 Å². The van der Waals surface area contributed by atoms with E-state index < -0.39 is 11.9 Å². The van der Waals surface area contributed by atoms with Crippen LogP contribution >= 0.6 is 0 Å². The number of esters is 1. The monoisotopic (exact) mass is 702 g/mol. The van der Waals surface area contributed by atoms with Crippen molar-refractivity contribution in [2.75, 3.05) is 13.1 Å². The number of aliphatic hydroxyl groups excluding tert-OH is 1. The van der Waals surface area contributed by atoms with Crippen molar-refractivity contribution < 1.29 is 33.7 Å². The second-order valence-electron chi connectivity index (χ2n) is 15.0. The summed E-state index contributed by atoms with van der Waals surface area (Å²) >= 11 is 0. The number of aliphatic hydroxyl groups is 1. The molecule has 0 radical (unpaired) electrons. The van der Waals surface area contributed by atoms with Crippen LogP contribution in [0.2, 0.25) is 0 Å². The van der Waals surface area contributed by atoms with Crippen molar-refractivity contribution >= 4 is 17.8 Å². The van der Waals surface area contributed by atoms with Gasteiger partial charge >= 0.3 is 5.97 Å². The second kappa shape index (κ2) is 14.8. The standard InChI is InChI=1S/C43H46N2O7/c1-27-37(25-44-23-9-14-36(44)41(49)52-43(2,3)4)50-42(51-38(27)30-17-15-28(26-46)16-18-30)31-21-19-29(20-22-31)33-11-6-5-10-32(33)24-45-39(47)34-12-7-8-13-35(34)40(45)48/h5-8,10-13,15-22,27,36-38,42,46H,9,14,23-26H2,1-4H3/t27-,36+,37+,38+,42+/m1/s1. The summed E-state index contributed by atoms with van der Waals surface area (Å²) in [5, 5.41) is 9.65. The fourth-order valence-corrected chi connectivity index (χ4v) is 7.55. The predicted octanol–water partition coefficient (Wildman–Crippen LogP) is 7.24. The molecule has 3 aliphatic rings. The molecule has 270 valence electrons. The third kappa shape index (κ3) is 7.32. The lowest BCUT2D eigenvalue weighted by molar-refractivity contribution is -0.276. The Labute approximate surface area is 305 Å². The molecular formula is C43H46N2O7. The van der Waals surface area contributed by atoms with Crippen LogP contribution in [-0.4, -0.2) is 63.5 Å². The molecule has 0 spiro atoms. The Hall–Kier alpha value is -4.67. The molecule has 5 atom stereocenters. The van der Waals surface area contributed by atoms with E-state index >= 15 is 0 Å². The van der Waals surface area contributed by atoms with Gasteiger partial charge in [-0.15, -0.1) is 0 Å². The third-order valence-electron chi connectivity index (χ3n) is 10.3. The van der Waals surface area contributed by atoms with Gasteiger partial charge < -0.3 is 19.3 Å². The van der Waals surface area contributed by atoms with E-state index in [1.165, 1.54) is 4.90 Å². The molecular weight excluding hydrogens is 656 g/mol. The van der Waals surface area contributed by atoms with Crippen molar-refractivity contribution in [1.29, 1.82) is 0 Å². The highest BCUT2D eigenvalue weighted by atomic mass is 16.7. The molecule has 2 amide bonds. The molecule has 0 aliphatic carbocycles. The van der Waals surface area contributed by atoms with Gasteiger partial charge in [0.25, 0.3) is 11.8 Å². The van der Waals surface area contributed by atoms with Crippen molar-refractivity contribution in [3.63, 3.8) is 0 Å². The van der Waals surface area contributed by atoms with Crippen LogP contribution in [0.25, 0.3) is 11.1 Å². The minimum Gasteiger partial charge on any atom is -0.459 e. The Morgan fingerprint density at radius 1 is 0.827 bits per heavy atom. The fourth-order valence-electron chi connectivity index (χ4n) is 7.55. The molecule has 2 saturated heterocycles. The first-order valence-corrected chi connectivity index (χ1v) is 18.1. The van der Waals surface area contributed by atoms with E-state index in [0.29, 0.717) is 17.7 Å². The summed E-state index contributed by atoms with van der Waals surface area (Å²) in [6, 6.07) is 30.3. The first-order chi connectivity index (χ1) is 25.0. The summed E-state index contributed by atoms with van der Waals surface area (Å²) in [5.41, 5.74) is 5.69. The molecule has 2 fully saturated rings. The van der Waals surface area contributed by atoms with Crippen molar-refractivity contribution in [3.05, 3.63) is 130 Å². The zero-order valence-electron chi connectivity index (χ0n) is 30.2. The van der Waals surface area contributed by atoms with E-state index in [9.17, 15) is 19.5 Å². The van der Waals surface area contributed by atoms with Crippen LogP contribution < -0.4 is 0 Å². The second-order valence-corrected chi connectivity index (χ2v) is 15.0. The highest BCUT2D eigenvalue weighted by Crippen LogP contribution is 2.43. The molecule has 4 aromatic rings. The van der Waals surface area contributed by atoms with Crippen LogP contribution in [0.3, 0.4) is 0 Å². The smallest absolute Gasteiger partial charge is 0.323 e. The first-order valence-electron chi connectivity index (χ1n) is 18.1. The molecule has 0 bridgehead atoms. The van der Waals surface area contributed by atoms with Crippen LogP contribution in [-0.2, 0) is 32.2 Å². The van der Waals surface area contributed by atoms with Gasteiger partial charge in [-0.1, -0.05) is 91.9 Å². The fraction of sp³-hybridized carbons (Fsp3) is 0.372. The maximum atomic E-state index is 13.2. The van der Waals surface area contributed by atoms with Crippen LogP contribution in [0.4, 0.5) is 0 Å². The number of amides is 2. The number of benzene rings is 4. The molecule has 9 heteroatoms. The number of ether oxygens (including phenoxy) is 3. The topological polar surface area (TPSA) is 106 Å². The van der Waals surface area contributed by atoms with Gasteiger partial charge in [0, 0.05) is 18.0 Å². The van der Waals surface area contributed by atoms with Gasteiger partial charge in [0.2, 0.25) is 0 Å². The van der Waals surface area contributed by atoms with Crippen molar-refractivity contribution in [3.8, 4) is 11.1 Å². The molecule has 0 unspecified atom stereocenters. The molecule has 4 aromatic carbocycles. The maximum Gasteiger partial charge on any atom is 0.323 e. The lowest BCUT2D eigenvalue weighted by atomic mass is 9.89. The highest BCUT2D eigenvalue weighted by molar-refractivity contribution is 6.21. The van der Waals surface area contributed by atoms with Crippen LogP contribution in [0.5, 0.6) is 0 Å². The number of hydrogen-bond acceptors (Lipinski definition) is 8. The minimum atomic E-state index is -0.672. The highest BCUT2D eigenvalue weighted by Gasteiger charge is 2.42. The Morgan fingerprint density at radius 3 is 2.08 bits per heavy atom. The molecule has 0 aromatic heterocycles. The third-order valence-corrected chi connectivity index (χ3v) is 10.3. The largest absolute Gasteiger partial charge is 0.459 e. The average molecular weight is 703 g/mol. The van der Waals surface area contributed by atoms with Crippen LogP contribution in [0, 0.1) is 5.92 Å². The van der Waals surface area contributed by atoms with E-state index in [0.717, 1.165) is 52.8 Å². The van der Waals surface area contributed by atoms with E-state index in [1.54, 1.807) is 24.3 Å². The van der Waals surface area contributed by atoms with Gasteiger partial charge in [-0.25, -0.2) is 0 Å². The Balaban J connectivity index is 1.13. The van der Waals surface area contributed by atoms with Gasteiger partial charge in [-0.2, -0.15) is 0 Å². The number of carbonyl (C=O) groups is 3. The Bertz CT molecular complexity index is 1900. The average Bonchev–Trinajstić information content (AvgIpc) is 3.71. The molecule has 3 heterocycles. The zero-order valence-corrected chi connectivity index (χ0v) is 30.2. The number of hydrogen-bond donors (Lipinski definition) is 1. The number of nitrogens with zero attached hydrogens (tertiary/aromatic N) is 2. The van der Waals surface area contributed by atoms with Crippen molar-refractivity contribution in [2.24, 2.45) is 5.92 Å². The number of carbonyl (C=O) groups excluding carboxylic acids is 3. The zero-order chi connectivity index (χ0) is 36.6. The van der Waals surface area contributed by atoms with Gasteiger partial charge in [0.1, 0.15) is 11.6 Å². The number of imide groups is 1. The van der Waals surface area contributed by atoms with E-state index in [2.05, 4.69) is 11.8 Å². The summed E-state index contributed by atoms with van der Waals surface area (Å²) in [6.07, 6.45) is 0.447. The number of likely N-dealkylation sites (tertiary alicyclic amines) is 1. The summed E-state index contributed by atoms with van der Waals surface area (Å²) in [6.45, 7) is 9.27.